The summed E-state index contributed by atoms with van der Waals surface area (Å²) in [6, 6.07) is 0. The molecule has 0 amide bonds. The Balaban J connectivity index is 1.95. The van der Waals surface area contributed by atoms with Gasteiger partial charge in [0.1, 0.15) is 33.9 Å². The second-order valence-electron chi connectivity index (χ2n) is 7.19. The number of hydrazine groups is 1. The van der Waals surface area contributed by atoms with E-state index < -0.39 is 22.8 Å². The fraction of sp³-hybridized carbons (Fsp3) is 0.333. The highest BCUT2D eigenvalue weighted by molar-refractivity contribution is 7.16. The number of ether oxygens (including phenoxy) is 1. The molecular formula is C18H18FN5O4S. The zero-order valence-electron chi connectivity index (χ0n) is 15.5. The Kier molecular flexibility index (Phi) is 3.95. The topological polar surface area (TPSA) is 113 Å². The van der Waals surface area contributed by atoms with Gasteiger partial charge in [0.2, 0.25) is 5.43 Å². The Bertz CT molecular complexity index is 1250. The van der Waals surface area contributed by atoms with E-state index in [1.165, 1.54) is 0 Å². The number of anilines is 2. The predicted molar refractivity (Wildman–Crippen MR) is 108 cm³/mol. The summed E-state index contributed by atoms with van der Waals surface area (Å²) in [5, 5.41) is 11.3. The van der Waals surface area contributed by atoms with Gasteiger partial charge in [-0.1, -0.05) is 0 Å². The Morgan fingerprint density at radius 3 is 2.72 bits per heavy atom. The van der Waals surface area contributed by atoms with Crippen LogP contribution in [0.15, 0.2) is 10.2 Å². The maximum absolute atomic E-state index is 15.6. The number of carboxylic acids is 1. The number of aromatic nitrogens is 1. The van der Waals surface area contributed by atoms with E-state index in [-0.39, 0.29) is 29.1 Å². The van der Waals surface area contributed by atoms with Gasteiger partial charge in [-0.15, -0.1) is 11.3 Å². The first-order valence-electron chi connectivity index (χ1n) is 9.04. The predicted octanol–water partition coefficient (Wildman–Crippen LogP) is 1.28. The van der Waals surface area contributed by atoms with Gasteiger partial charge in [-0.2, -0.15) is 0 Å². The number of hydrogen-bond donors (Lipinski definition) is 3. The molecule has 3 aromatic rings. The lowest BCUT2D eigenvalue weighted by atomic mass is 10.0. The second-order valence-corrected chi connectivity index (χ2v) is 8.05. The summed E-state index contributed by atoms with van der Waals surface area (Å²) in [5.74, 6) is 3.77. The molecule has 152 valence electrons. The molecule has 29 heavy (non-hydrogen) atoms. The number of pyridine rings is 1. The number of nitrogens with zero attached hydrogens (tertiary/aromatic N) is 3. The standard InChI is InChI=1S/C18H18FN5O4S/c1-22-2-4-23(5-3-22)14-11(19)12(21-20)9-13-16(14)28-6-8-7-29-17(24(8)13)10(15(9)25)18(26)27/h7,21H,2-6,20H2,1H3,(H,26,27). The van der Waals surface area contributed by atoms with Crippen molar-refractivity contribution in [1.29, 1.82) is 0 Å². The van der Waals surface area contributed by atoms with E-state index in [0.29, 0.717) is 29.1 Å². The van der Waals surface area contributed by atoms with Gasteiger partial charge in [-0.05, 0) is 7.05 Å². The molecule has 0 unspecified atom stereocenters. The first-order chi connectivity index (χ1) is 13.9. The van der Waals surface area contributed by atoms with Crippen LogP contribution >= 0.6 is 11.3 Å². The molecule has 5 rings (SSSR count). The maximum atomic E-state index is 15.6. The largest absolute Gasteiger partial charge is 0.483 e. The zero-order chi connectivity index (χ0) is 20.4. The van der Waals surface area contributed by atoms with Crippen molar-refractivity contribution in [2.75, 3.05) is 43.6 Å². The minimum Gasteiger partial charge on any atom is -0.483 e. The third kappa shape index (κ3) is 2.38. The smallest absolute Gasteiger partial charge is 0.342 e. The van der Waals surface area contributed by atoms with Gasteiger partial charge < -0.3 is 25.1 Å². The summed E-state index contributed by atoms with van der Waals surface area (Å²) >= 11 is 1.15. The number of nitrogen functional groups attached to an aromatic ring is 1. The molecule has 0 radical (unpaired) electrons. The summed E-state index contributed by atoms with van der Waals surface area (Å²) in [4.78, 5) is 29.3. The molecule has 1 saturated heterocycles. The van der Waals surface area contributed by atoms with Crippen molar-refractivity contribution in [2.24, 2.45) is 5.84 Å². The number of hydrogen-bond acceptors (Lipinski definition) is 8. The summed E-state index contributed by atoms with van der Waals surface area (Å²) in [6.07, 6.45) is 0. The third-order valence-corrected chi connectivity index (χ3v) is 6.57. The summed E-state index contributed by atoms with van der Waals surface area (Å²) in [5.41, 5.74) is 2.17. The van der Waals surface area contributed by atoms with E-state index in [4.69, 9.17) is 10.6 Å². The van der Waals surface area contributed by atoms with Crippen molar-refractivity contribution in [3.8, 4) is 5.75 Å². The Labute approximate surface area is 167 Å². The molecule has 4 heterocycles. The van der Waals surface area contributed by atoms with Gasteiger partial charge in [0.15, 0.2) is 11.6 Å². The SMILES string of the molecule is CN1CCN(c2c(F)c(NN)c3c(=O)c(C(=O)O)c4scc5n4c3c2OC5)CC1. The molecule has 2 aromatic heterocycles. The van der Waals surface area contributed by atoms with E-state index >= 15 is 4.39 Å². The van der Waals surface area contributed by atoms with Crippen molar-refractivity contribution in [3.63, 3.8) is 0 Å². The Hall–Kier alpha value is -2.89. The van der Waals surface area contributed by atoms with Crippen molar-refractivity contribution in [1.82, 2.24) is 9.30 Å². The van der Waals surface area contributed by atoms with Crippen LogP contribution in [0.5, 0.6) is 5.75 Å². The molecule has 2 aliphatic rings. The summed E-state index contributed by atoms with van der Waals surface area (Å²) in [6.45, 7) is 2.82. The number of halogens is 1. The molecule has 0 saturated carbocycles. The van der Waals surface area contributed by atoms with Gasteiger partial charge >= 0.3 is 5.97 Å². The molecule has 0 atom stereocenters. The van der Waals surface area contributed by atoms with Crippen LogP contribution in [-0.4, -0.2) is 53.6 Å². The van der Waals surface area contributed by atoms with Crippen LogP contribution in [0.25, 0.3) is 15.7 Å². The number of rotatable bonds is 3. The molecule has 0 aliphatic carbocycles. The quantitative estimate of drug-likeness (QED) is 0.430. The fourth-order valence-corrected chi connectivity index (χ4v) is 5.15. The number of carboxylic acid groups (broad SMARTS) is 1. The average Bonchev–Trinajstić information content (AvgIpc) is 3.12. The van der Waals surface area contributed by atoms with Crippen molar-refractivity contribution >= 4 is 44.4 Å². The molecule has 9 nitrogen and oxygen atoms in total. The molecule has 2 aliphatic heterocycles. The van der Waals surface area contributed by atoms with Crippen LogP contribution in [0.4, 0.5) is 15.8 Å². The lowest BCUT2D eigenvalue weighted by Crippen LogP contribution is -2.45. The molecule has 0 bridgehead atoms. The Morgan fingerprint density at radius 1 is 1.34 bits per heavy atom. The Morgan fingerprint density at radius 2 is 2.07 bits per heavy atom. The number of carbonyl (C=O) groups is 1. The zero-order valence-corrected chi connectivity index (χ0v) is 16.3. The molecular weight excluding hydrogens is 401 g/mol. The van der Waals surface area contributed by atoms with Gasteiger partial charge in [0, 0.05) is 31.6 Å². The van der Waals surface area contributed by atoms with E-state index in [1.807, 2.05) is 11.9 Å². The van der Waals surface area contributed by atoms with E-state index in [0.717, 1.165) is 24.4 Å². The first kappa shape index (κ1) is 18.2. The van der Waals surface area contributed by atoms with Crippen LogP contribution in [0.2, 0.25) is 0 Å². The van der Waals surface area contributed by atoms with E-state index in [1.54, 1.807) is 9.78 Å². The fourth-order valence-electron chi connectivity index (χ4n) is 4.12. The molecule has 4 N–H and O–H groups in total. The van der Waals surface area contributed by atoms with Gasteiger partial charge in [0.05, 0.1) is 11.1 Å². The first-order valence-corrected chi connectivity index (χ1v) is 9.92. The number of benzene rings is 1. The normalized spacial score (nSPS) is 16.6. The number of aromatic carboxylic acids is 1. The second kappa shape index (κ2) is 6.31. The highest BCUT2D eigenvalue weighted by Crippen LogP contribution is 2.46. The minimum atomic E-state index is -1.36. The van der Waals surface area contributed by atoms with Gasteiger partial charge in [-0.3, -0.25) is 15.0 Å². The summed E-state index contributed by atoms with van der Waals surface area (Å²) in [7, 11) is 2.00. The summed E-state index contributed by atoms with van der Waals surface area (Å²) < 4.78 is 23.2. The average molecular weight is 419 g/mol. The molecule has 11 heteroatoms. The number of thiazole rings is 1. The van der Waals surface area contributed by atoms with E-state index in [2.05, 4.69) is 10.3 Å². The molecule has 1 aromatic carbocycles. The van der Waals surface area contributed by atoms with Crippen molar-refractivity contribution < 1.29 is 19.0 Å². The third-order valence-electron chi connectivity index (χ3n) is 5.57. The van der Waals surface area contributed by atoms with Crippen molar-refractivity contribution in [2.45, 2.75) is 6.61 Å². The van der Waals surface area contributed by atoms with E-state index in [9.17, 15) is 14.7 Å². The lowest BCUT2D eigenvalue weighted by molar-refractivity contribution is 0.0697. The minimum absolute atomic E-state index is 0.118. The highest BCUT2D eigenvalue weighted by Gasteiger charge is 2.34. The van der Waals surface area contributed by atoms with Crippen LogP contribution in [0, 0.1) is 5.82 Å². The number of nitrogens with two attached hydrogens (primary N) is 1. The monoisotopic (exact) mass is 419 g/mol. The number of nitrogens with one attached hydrogen (secondary N) is 1. The van der Waals surface area contributed by atoms with Crippen LogP contribution in [0.3, 0.4) is 0 Å². The van der Waals surface area contributed by atoms with Crippen molar-refractivity contribution in [3.05, 3.63) is 32.7 Å². The molecule has 1 fully saturated rings. The van der Waals surface area contributed by atoms with Gasteiger partial charge in [-0.25, -0.2) is 9.18 Å². The molecule has 0 spiro atoms. The number of piperazine rings is 1. The van der Waals surface area contributed by atoms with Crippen LogP contribution < -0.4 is 26.3 Å². The number of likely N-dealkylation sites (N-methyl/N-ethyl adjacent to an activating group) is 1. The van der Waals surface area contributed by atoms with Crippen LogP contribution in [-0.2, 0) is 6.61 Å². The maximum Gasteiger partial charge on any atom is 0.342 e. The highest BCUT2D eigenvalue weighted by atomic mass is 32.1. The van der Waals surface area contributed by atoms with Crippen LogP contribution in [0.1, 0.15) is 16.1 Å². The lowest BCUT2D eigenvalue weighted by Gasteiger charge is -2.36. The van der Waals surface area contributed by atoms with Gasteiger partial charge in [0.25, 0.3) is 0 Å².